The van der Waals surface area contributed by atoms with Gasteiger partial charge in [-0.3, -0.25) is 14.4 Å². The fourth-order valence-electron chi connectivity index (χ4n) is 1.95. The molecule has 0 saturated heterocycles. The third kappa shape index (κ3) is 1.08. The van der Waals surface area contributed by atoms with Gasteiger partial charge in [-0.1, -0.05) is 24.3 Å². The van der Waals surface area contributed by atoms with Crippen molar-refractivity contribution in [2.75, 3.05) is 5.75 Å². The van der Waals surface area contributed by atoms with E-state index >= 15 is 0 Å². The first kappa shape index (κ1) is 9.54. The molecular formula is C12H6O3S. The van der Waals surface area contributed by atoms with Crippen LogP contribution in [0, 0.1) is 0 Å². The molecular weight excluding hydrogens is 224 g/mol. The lowest BCUT2D eigenvalue weighted by Gasteiger charge is -2.14. The zero-order valence-corrected chi connectivity index (χ0v) is 8.97. The van der Waals surface area contributed by atoms with E-state index in [4.69, 9.17) is 0 Å². The van der Waals surface area contributed by atoms with Crippen LogP contribution in [-0.2, 0) is 4.79 Å². The molecule has 1 aromatic rings. The number of ketones is 3. The topological polar surface area (TPSA) is 51.2 Å². The number of hydrogen-bond donors (Lipinski definition) is 0. The van der Waals surface area contributed by atoms with Crippen LogP contribution in [0.2, 0.25) is 0 Å². The zero-order valence-electron chi connectivity index (χ0n) is 8.15. The number of carbonyl (C=O) groups is 3. The molecule has 1 aliphatic heterocycles. The van der Waals surface area contributed by atoms with Crippen LogP contribution in [0.25, 0.3) is 0 Å². The highest BCUT2D eigenvalue weighted by atomic mass is 32.2. The van der Waals surface area contributed by atoms with Gasteiger partial charge in [-0.25, -0.2) is 0 Å². The second-order valence-corrected chi connectivity index (χ2v) is 4.61. The van der Waals surface area contributed by atoms with Crippen LogP contribution in [-0.4, -0.2) is 23.1 Å². The molecule has 3 nitrogen and oxygen atoms in total. The van der Waals surface area contributed by atoms with Gasteiger partial charge in [0.15, 0.2) is 11.6 Å². The molecule has 16 heavy (non-hydrogen) atoms. The van der Waals surface area contributed by atoms with Crippen LogP contribution < -0.4 is 0 Å². The van der Waals surface area contributed by atoms with Gasteiger partial charge in [-0.05, 0) is 0 Å². The lowest BCUT2D eigenvalue weighted by molar-refractivity contribution is -0.112. The Morgan fingerprint density at radius 3 is 2.25 bits per heavy atom. The van der Waals surface area contributed by atoms with Crippen molar-refractivity contribution in [3.63, 3.8) is 0 Å². The Balaban J connectivity index is 2.29. The zero-order chi connectivity index (χ0) is 11.3. The molecule has 0 unspecified atom stereocenters. The minimum absolute atomic E-state index is 0.0914. The third-order valence-electron chi connectivity index (χ3n) is 2.70. The largest absolute Gasteiger partial charge is 0.293 e. The predicted molar refractivity (Wildman–Crippen MR) is 59.6 cm³/mol. The lowest BCUT2D eigenvalue weighted by Crippen LogP contribution is -2.21. The highest BCUT2D eigenvalue weighted by Gasteiger charge is 2.39. The number of thioether (sulfide) groups is 1. The van der Waals surface area contributed by atoms with Gasteiger partial charge in [0.25, 0.3) is 0 Å². The number of fused-ring (bicyclic) bond motifs is 1. The first-order chi connectivity index (χ1) is 7.70. The second kappa shape index (κ2) is 3.15. The molecule has 1 aromatic carbocycles. The summed E-state index contributed by atoms with van der Waals surface area (Å²) in [5, 5.41) is 0. The first-order valence-corrected chi connectivity index (χ1v) is 5.77. The van der Waals surface area contributed by atoms with E-state index in [-0.39, 0.29) is 28.7 Å². The normalized spacial score (nSPS) is 18.9. The van der Waals surface area contributed by atoms with Crippen LogP contribution in [0.5, 0.6) is 0 Å². The molecule has 0 spiro atoms. The molecule has 1 heterocycles. The number of allylic oxidation sites excluding steroid dienone is 2. The molecule has 0 N–H and O–H groups in total. The van der Waals surface area contributed by atoms with Gasteiger partial charge in [0.2, 0.25) is 5.78 Å². The Hall–Kier alpha value is -1.68. The summed E-state index contributed by atoms with van der Waals surface area (Å²) in [4.78, 5) is 35.9. The van der Waals surface area contributed by atoms with Crippen molar-refractivity contribution in [3.05, 3.63) is 45.9 Å². The number of benzene rings is 1. The number of hydrogen-bond acceptors (Lipinski definition) is 4. The van der Waals surface area contributed by atoms with Crippen molar-refractivity contribution in [2.45, 2.75) is 0 Å². The molecule has 0 atom stereocenters. The summed E-state index contributed by atoms with van der Waals surface area (Å²) in [7, 11) is 0. The average Bonchev–Trinajstić information content (AvgIpc) is 2.69. The summed E-state index contributed by atoms with van der Waals surface area (Å²) >= 11 is 1.17. The van der Waals surface area contributed by atoms with Gasteiger partial charge in [-0.2, -0.15) is 0 Å². The Morgan fingerprint density at radius 1 is 0.938 bits per heavy atom. The van der Waals surface area contributed by atoms with E-state index in [1.807, 2.05) is 0 Å². The molecule has 2 aliphatic rings. The summed E-state index contributed by atoms with van der Waals surface area (Å²) in [6.45, 7) is 0. The van der Waals surface area contributed by atoms with Crippen molar-refractivity contribution in [3.8, 4) is 0 Å². The second-order valence-electron chi connectivity index (χ2n) is 3.62. The fourth-order valence-corrected chi connectivity index (χ4v) is 2.97. The van der Waals surface area contributed by atoms with E-state index in [1.165, 1.54) is 11.8 Å². The number of Topliss-reactive ketones (excluding diaryl/α,β-unsaturated/α-hetero) is 3. The van der Waals surface area contributed by atoms with Crippen LogP contribution >= 0.6 is 11.8 Å². The molecule has 0 saturated carbocycles. The van der Waals surface area contributed by atoms with E-state index < -0.39 is 0 Å². The molecule has 0 bridgehead atoms. The SMILES string of the molecule is O=C1CSC2=C1C(=O)c1ccccc1C2=O. The van der Waals surface area contributed by atoms with E-state index in [2.05, 4.69) is 0 Å². The van der Waals surface area contributed by atoms with Crippen LogP contribution in [0.4, 0.5) is 0 Å². The predicted octanol–water partition coefficient (Wildman–Crippen LogP) is 1.64. The molecule has 4 heteroatoms. The lowest BCUT2D eigenvalue weighted by atomic mass is 9.88. The van der Waals surface area contributed by atoms with E-state index in [9.17, 15) is 14.4 Å². The van der Waals surface area contributed by atoms with Crippen molar-refractivity contribution in [2.24, 2.45) is 0 Å². The molecule has 0 radical (unpaired) electrons. The summed E-state index contributed by atoms with van der Waals surface area (Å²) in [5.41, 5.74) is 0.851. The minimum Gasteiger partial charge on any atom is -0.293 e. The molecule has 1 aliphatic carbocycles. The quantitative estimate of drug-likeness (QED) is 0.636. The Kier molecular flexibility index (Phi) is 1.88. The molecule has 0 fully saturated rings. The standard InChI is InChI=1S/C12H6O3S/c13-8-5-16-12-9(8)10(14)6-3-1-2-4-7(6)11(12)15/h1-4H,5H2. The highest BCUT2D eigenvalue weighted by Crippen LogP contribution is 2.38. The Morgan fingerprint density at radius 2 is 1.56 bits per heavy atom. The smallest absolute Gasteiger partial charge is 0.200 e. The van der Waals surface area contributed by atoms with Gasteiger partial charge < -0.3 is 0 Å². The monoisotopic (exact) mass is 230 g/mol. The van der Waals surface area contributed by atoms with Gasteiger partial charge in [-0.15, -0.1) is 11.8 Å². The fraction of sp³-hybridized carbons (Fsp3) is 0.0833. The van der Waals surface area contributed by atoms with Crippen molar-refractivity contribution in [1.82, 2.24) is 0 Å². The van der Waals surface area contributed by atoms with Crippen molar-refractivity contribution < 1.29 is 14.4 Å². The summed E-state index contributed by atoms with van der Waals surface area (Å²) in [5.74, 6) is -0.523. The minimum atomic E-state index is -0.305. The molecule has 3 rings (SSSR count). The highest BCUT2D eigenvalue weighted by molar-refractivity contribution is 8.05. The van der Waals surface area contributed by atoms with Gasteiger partial charge in [0, 0.05) is 11.1 Å². The average molecular weight is 230 g/mol. The summed E-state index contributed by atoms with van der Waals surface area (Å²) in [6, 6.07) is 6.64. The van der Waals surface area contributed by atoms with E-state index in [0.29, 0.717) is 16.0 Å². The summed E-state index contributed by atoms with van der Waals surface area (Å²) in [6.07, 6.45) is 0. The Bertz CT molecular complexity index is 584. The van der Waals surface area contributed by atoms with E-state index in [0.717, 1.165) is 0 Å². The number of rotatable bonds is 0. The number of carbonyl (C=O) groups excluding carboxylic acids is 3. The van der Waals surface area contributed by atoms with Crippen molar-refractivity contribution in [1.29, 1.82) is 0 Å². The summed E-state index contributed by atoms with van der Waals surface area (Å²) < 4.78 is 0. The van der Waals surface area contributed by atoms with Crippen LogP contribution in [0.3, 0.4) is 0 Å². The Labute approximate surface area is 95.5 Å². The van der Waals surface area contributed by atoms with Crippen LogP contribution in [0.15, 0.2) is 34.7 Å². The van der Waals surface area contributed by atoms with Crippen LogP contribution in [0.1, 0.15) is 20.7 Å². The van der Waals surface area contributed by atoms with Gasteiger partial charge >= 0.3 is 0 Å². The van der Waals surface area contributed by atoms with Gasteiger partial charge in [0.1, 0.15) is 0 Å². The maximum Gasteiger partial charge on any atom is 0.200 e. The van der Waals surface area contributed by atoms with Crippen molar-refractivity contribution >= 4 is 29.1 Å². The van der Waals surface area contributed by atoms with Gasteiger partial charge in [0.05, 0.1) is 16.2 Å². The first-order valence-electron chi connectivity index (χ1n) is 4.79. The molecule has 0 amide bonds. The third-order valence-corrected chi connectivity index (χ3v) is 3.79. The maximum absolute atomic E-state index is 12.0. The van der Waals surface area contributed by atoms with E-state index in [1.54, 1.807) is 24.3 Å². The maximum atomic E-state index is 12.0. The molecule has 78 valence electrons. The molecule has 0 aromatic heterocycles.